The van der Waals surface area contributed by atoms with E-state index in [2.05, 4.69) is 207 Å². The van der Waals surface area contributed by atoms with Crippen molar-refractivity contribution in [3.8, 4) is 44.5 Å². The second kappa shape index (κ2) is 12.1. The van der Waals surface area contributed by atoms with Crippen molar-refractivity contribution >= 4 is 27.8 Å². The second-order valence-corrected chi connectivity index (χ2v) is 13.8. The summed E-state index contributed by atoms with van der Waals surface area (Å²) in [6, 6.07) is 68.6. The molecule has 1 nitrogen and oxygen atoms in total. The van der Waals surface area contributed by atoms with Crippen LogP contribution < -0.4 is 4.90 Å². The van der Waals surface area contributed by atoms with E-state index in [9.17, 15) is 0 Å². The minimum atomic E-state index is -0.0587. The highest BCUT2D eigenvalue weighted by atomic mass is 15.1. The van der Waals surface area contributed by atoms with Gasteiger partial charge in [-0.1, -0.05) is 153 Å². The van der Waals surface area contributed by atoms with E-state index in [0.29, 0.717) is 0 Å². The molecule has 238 valence electrons. The van der Waals surface area contributed by atoms with Gasteiger partial charge in [-0.05, 0) is 109 Å². The van der Waals surface area contributed by atoms with Crippen LogP contribution in [-0.4, -0.2) is 0 Å². The topological polar surface area (TPSA) is 3.24 Å². The third kappa shape index (κ3) is 5.11. The van der Waals surface area contributed by atoms with Crippen LogP contribution in [0.25, 0.3) is 55.3 Å². The van der Waals surface area contributed by atoms with Gasteiger partial charge in [0.1, 0.15) is 0 Å². The fourth-order valence-electron chi connectivity index (χ4n) is 7.82. The third-order valence-corrected chi connectivity index (χ3v) is 10.4. The van der Waals surface area contributed by atoms with Crippen LogP contribution >= 0.6 is 0 Å². The van der Waals surface area contributed by atoms with Crippen LogP contribution in [0.4, 0.5) is 17.1 Å². The zero-order valence-corrected chi connectivity index (χ0v) is 28.3. The lowest BCUT2D eigenvalue weighted by Crippen LogP contribution is -2.15. The molecule has 8 aromatic rings. The van der Waals surface area contributed by atoms with Crippen molar-refractivity contribution in [2.24, 2.45) is 0 Å². The Morgan fingerprint density at radius 2 is 0.900 bits per heavy atom. The Kier molecular flexibility index (Phi) is 7.21. The Morgan fingerprint density at radius 3 is 1.60 bits per heavy atom. The molecule has 0 N–H and O–H groups in total. The molecule has 1 heteroatoms. The molecule has 0 atom stereocenters. The van der Waals surface area contributed by atoms with E-state index in [-0.39, 0.29) is 5.41 Å². The van der Waals surface area contributed by atoms with Crippen molar-refractivity contribution in [2.75, 3.05) is 4.90 Å². The molecule has 0 saturated heterocycles. The van der Waals surface area contributed by atoms with E-state index in [4.69, 9.17) is 0 Å². The maximum Gasteiger partial charge on any atom is 0.0540 e. The summed E-state index contributed by atoms with van der Waals surface area (Å²) in [7, 11) is 0. The Balaban J connectivity index is 1.25. The van der Waals surface area contributed by atoms with Gasteiger partial charge in [0, 0.05) is 22.4 Å². The molecule has 0 aromatic heterocycles. The number of hydrogen-bond acceptors (Lipinski definition) is 1. The molecule has 0 radical (unpaired) electrons. The fraction of sp³-hybridized carbons (Fsp3) is 0.0612. The van der Waals surface area contributed by atoms with Crippen molar-refractivity contribution in [1.82, 2.24) is 0 Å². The van der Waals surface area contributed by atoms with Gasteiger partial charge >= 0.3 is 0 Å². The maximum atomic E-state index is 2.43. The summed E-state index contributed by atoms with van der Waals surface area (Å²) in [6.45, 7) is 4.71. The van der Waals surface area contributed by atoms with Gasteiger partial charge in [0.05, 0.1) is 5.69 Å². The van der Waals surface area contributed by atoms with Crippen LogP contribution in [0.1, 0.15) is 25.0 Å². The van der Waals surface area contributed by atoms with E-state index in [1.54, 1.807) is 0 Å². The van der Waals surface area contributed by atoms with Crippen LogP contribution in [0.2, 0.25) is 0 Å². The molecule has 0 unspecified atom stereocenters. The largest absolute Gasteiger partial charge is 0.310 e. The van der Waals surface area contributed by atoms with E-state index < -0.39 is 0 Å². The number of rotatable bonds is 6. The van der Waals surface area contributed by atoms with E-state index in [0.717, 1.165) is 17.1 Å². The highest BCUT2D eigenvalue weighted by molar-refractivity contribution is 5.98. The summed E-state index contributed by atoms with van der Waals surface area (Å²) in [6.07, 6.45) is 0. The Morgan fingerprint density at radius 1 is 0.340 bits per heavy atom. The van der Waals surface area contributed by atoms with E-state index in [1.165, 1.54) is 66.4 Å². The lowest BCUT2D eigenvalue weighted by Gasteiger charge is -2.29. The summed E-state index contributed by atoms with van der Waals surface area (Å²) >= 11 is 0. The van der Waals surface area contributed by atoms with Crippen LogP contribution in [-0.2, 0) is 5.41 Å². The van der Waals surface area contributed by atoms with Crippen molar-refractivity contribution in [3.63, 3.8) is 0 Å². The summed E-state index contributed by atoms with van der Waals surface area (Å²) in [5, 5.41) is 2.50. The number of nitrogens with zero attached hydrogens (tertiary/aromatic N) is 1. The summed E-state index contributed by atoms with van der Waals surface area (Å²) in [5.41, 5.74) is 16.0. The van der Waals surface area contributed by atoms with Gasteiger partial charge in [-0.25, -0.2) is 0 Å². The van der Waals surface area contributed by atoms with Gasteiger partial charge in [0.15, 0.2) is 0 Å². The summed E-state index contributed by atoms with van der Waals surface area (Å²) < 4.78 is 0. The van der Waals surface area contributed by atoms with Gasteiger partial charge in [0.2, 0.25) is 0 Å². The predicted octanol–water partition coefficient (Wildman–Crippen LogP) is 13.6. The second-order valence-electron chi connectivity index (χ2n) is 13.8. The van der Waals surface area contributed by atoms with Gasteiger partial charge in [-0.3, -0.25) is 0 Å². The normalized spacial score (nSPS) is 12.8. The zero-order chi connectivity index (χ0) is 33.7. The fourth-order valence-corrected chi connectivity index (χ4v) is 7.82. The first kappa shape index (κ1) is 29.9. The highest BCUT2D eigenvalue weighted by Gasteiger charge is 2.35. The molecule has 0 spiro atoms. The van der Waals surface area contributed by atoms with Crippen LogP contribution in [0.5, 0.6) is 0 Å². The molecule has 0 aliphatic heterocycles. The van der Waals surface area contributed by atoms with Crippen LogP contribution in [0, 0.1) is 0 Å². The monoisotopic (exact) mass is 639 g/mol. The first-order valence-corrected chi connectivity index (χ1v) is 17.4. The Hall–Kier alpha value is -6.18. The van der Waals surface area contributed by atoms with Gasteiger partial charge in [-0.15, -0.1) is 0 Å². The van der Waals surface area contributed by atoms with Crippen molar-refractivity contribution in [3.05, 3.63) is 199 Å². The molecule has 0 saturated carbocycles. The smallest absolute Gasteiger partial charge is 0.0540 e. The SMILES string of the molecule is CC1(C)c2ccccc2-c2cc3ccc(N(c4ccc(-c5ccccc5)cc4)c4ccc(-c5ccccc5)cc4-c4ccccc4)cc3cc21. The molecule has 0 heterocycles. The Labute approximate surface area is 294 Å². The predicted molar refractivity (Wildman–Crippen MR) is 213 cm³/mol. The molecule has 1 aliphatic carbocycles. The highest BCUT2D eigenvalue weighted by Crippen LogP contribution is 2.50. The third-order valence-electron chi connectivity index (χ3n) is 10.4. The van der Waals surface area contributed by atoms with Gasteiger partial charge < -0.3 is 4.90 Å². The quantitative estimate of drug-likeness (QED) is 0.175. The molecule has 1 aliphatic rings. The van der Waals surface area contributed by atoms with E-state index >= 15 is 0 Å². The van der Waals surface area contributed by atoms with Gasteiger partial charge in [0.25, 0.3) is 0 Å². The average molecular weight is 640 g/mol. The number of benzene rings is 8. The zero-order valence-electron chi connectivity index (χ0n) is 28.3. The lowest BCUT2D eigenvalue weighted by molar-refractivity contribution is 0.661. The number of hydrogen-bond donors (Lipinski definition) is 0. The minimum absolute atomic E-state index is 0.0587. The van der Waals surface area contributed by atoms with Crippen molar-refractivity contribution in [1.29, 1.82) is 0 Å². The molecule has 50 heavy (non-hydrogen) atoms. The first-order valence-electron chi connectivity index (χ1n) is 17.4. The Bertz CT molecular complexity index is 2480. The van der Waals surface area contributed by atoms with Gasteiger partial charge in [-0.2, -0.15) is 0 Å². The van der Waals surface area contributed by atoms with Crippen LogP contribution in [0.3, 0.4) is 0 Å². The molecule has 0 fully saturated rings. The first-order chi connectivity index (χ1) is 24.5. The van der Waals surface area contributed by atoms with E-state index in [1.807, 2.05) is 0 Å². The summed E-state index contributed by atoms with van der Waals surface area (Å²) in [4.78, 5) is 2.43. The molecular formula is C49H37N. The number of fused-ring (bicyclic) bond motifs is 4. The van der Waals surface area contributed by atoms with Crippen molar-refractivity contribution < 1.29 is 0 Å². The standard InChI is InChI=1S/C49H37N/c1-49(2)46-21-13-12-20-43(46)45-32-39-24-28-42(30-40(39)33-47(45)49)50(41-26-22-36(23-27-41)34-14-6-3-7-15-34)48-29-25-38(35-16-8-4-9-17-35)31-44(48)37-18-10-5-11-19-37/h3-33H,1-2H3. The van der Waals surface area contributed by atoms with Crippen molar-refractivity contribution in [2.45, 2.75) is 19.3 Å². The molecule has 9 rings (SSSR count). The molecule has 0 amide bonds. The molecular weight excluding hydrogens is 603 g/mol. The number of anilines is 3. The summed E-state index contributed by atoms with van der Waals surface area (Å²) in [5.74, 6) is 0. The average Bonchev–Trinajstić information content (AvgIpc) is 3.40. The van der Waals surface area contributed by atoms with Crippen LogP contribution in [0.15, 0.2) is 188 Å². The lowest BCUT2D eigenvalue weighted by atomic mass is 9.82. The molecule has 0 bridgehead atoms. The molecule has 8 aromatic carbocycles. The minimum Gasteiger partial charge on any atom is -0.310 e. The maximum absolute atomic E-state index is 2.43.